The number of nitrogens with zero attached hydrogens (tertiary/aromatic N) is 1. The van der Waals surface area contributed by atoms with Gasteiger partial charge in [-0.05, 0) is 26.7 Å². The molecular formula is C12H21NO6S. The van der Waals surface area contributed by atoms with E-state index in [0.29, 0.717) is 19.4 Å². The van der Waals surface area contributed by atoms with Gasteiger partial charge in [-0.1, -0.05) is 0 Å². The lowest BCUT2D eigenvalue weighted by atomic mass is 9.98. The second kappa shape index (κ2) is 7.03. The van der Waals surface area contributed by atoms with Gasteiger partial charge in [0, 0.05) is 13.1 Å². The van der Waals surface area contributed by atoms with E-state index in [2.05, 4.69) is 4.74 Å². The van der Waals surface area contributed by atoms with Gasteiger partial charge in [0.25, 0.3) is 0 Å². The van der Waals surface area contributed by atoms with Crippen molar-refractivity contribution >= 4 is 22.0 Å². The molecule has 0 spiro atoms. The molecule has 1 saturated heterocycles. The van der Waals surface area contributed by atoms with E-state index in [4.69, 9.17) is 4.74 Å². The summed E-state index contributed by atoms with van der Waals surface area (Å²) in [6, 6.07) is 0. The Balaban J connectivity index is 2.65. The summed E-state index contributed by atoms with van der Waals surface area (Å²) in [6.07, 6.45) is 0.817. The molecular weight excluding hydrogens is 286 g/mol. The van der Waals surface area contributed by atoms with Crippen LogP contribution in [-0.4, -0.2) is 56.7 Å². The molecule has 7 nitrogen and oxygen atoms in total. The summed E-state index contributed by atoms with van der Waals surface area (Å²) >= 11 is 0. The van der Waals surface area contributed by atoms with Gasteiger partial charge in [-0.3, -0.25) is 9.59 Å². The first kappa shape index (κ1) is 16.9. The van der Waals surface area contributed by atoms with Crippen LogP contribution in [0, 0.1) is 5.92 Å². The minimum Gasteiger partial charge on any atom is -0.468 e. The van der Waals surface area contributed by atoms with Crippen LogP contribution in [0.5, 0.6) is 0 Å². The Morgan fingerprint density at radius 2 is 1.85 bits per heavy atom. The Labute approximate surface area is 119 Å². The molecule has 0 saturated carbocycles. The molecule has 116 valence electrons. The molecule has 1 atom stereocenters. The molecule has 0 bridgehead atoms. The Hall–Kier alpha value is -1.15. The molecule has 0 aromatic heterocycles. The predicted octanol–water partition coefficient (Wildman–Crippen LogP) is 0.153. The highest BCUT2D eigenvalue weighted by atomic mass is 32.2. The van der Waals surface area contributed by atoms with E-state index in [9.17, 15) is 18.0 Å². The largest absolute Gasteiger partial charge is 0.468 e. The van der Waals surface area contributed by atoms with E-state index >= 15 is 0 Å². The Kier molecular flexibility index (Phi) is 5.94. The molecule has 0 amide bonds. The number of ether oxygens (including phenoxy) is 2. The monoisotopic (exact) mass is 307 g/mol. The highest BCUT2D eigenvalue weighted by molar-refractivity contribution is 7.90. The first-order chi connectivity index (χ1) is 9.34. The Bertz CT molecular complexity index is 453. The van der Waals surface area contributed by atoms with Crippen LogP contribution >= 0.6 is 0 Å². The number of methoxy groups -OCH3 is 1. The van der Waals surface area contributed by atoms with Crippen LogP contribution in [0.3, 0.4) is 0 Å². The number of hydrogen-bond donors (Lipinski definition) is 0. The van der Waals surface area contributed by atoms with Crippen LogP contribution in [0.2, 0.25) is 0 Å². The molecule has 8 heteroatoms. The standard InChI is InChI=1S/C12H21NO6S/c1-4-19-12(15)10-5-7-13(8-6-10)20(16,17)9(2)11(14)18-3/h9-10H,4-8H2,1-3H3. The van der Waals surface area contributed by atoms with Gasteiger partial charge in [-0.25, -0.2) is 12.7 Å². The van der Waals surface area contributed by atoms with Crippen LogP contribution in [0.1, 0.15) is 26.7 Å². The van der Waals surface area contributed by atoms with E-state index in [0.717, 1.165) is 7.11 Å². The summed E-state index contributed by atoms with van der Waals surface area (Å²) in [5.74, 6) is -1.34. The van der Waals surface area contributed by atoms with Gasteiger partial charge in [0.2, 0.25) is 10.0 Å². The lowest BCUT2D eigenvalue weighted by molar-refractivity contribution is -0.149. The summed E-state index contributed by atoms with van der Waals surface area (Å²) in [5, 5.41) is -1.23. The van der Waals surface area contributed by atoms with Crippen LogP contribution < -0.4 is 0 Å². The first-order valence-corrected chi connectivity index (χ1v) is 8.08. The fraction of sp³-hybridized carbons (Fsp3) is 0.833. The van der Waals surface area contributed by atoms with Crippen LogP contribution in [0.15, 0.2) is 0 Å². The summed E-state index contributed by atoms with van der Waals surface area (Å²) in [7, 11) is -2.57. The maximum Gasteiger partial charge on any atom is 0.325 e. The average molecular weight is 307 g/mol. The van der Waals surface area contributed by atoms with Crippen molar-refractivity contribution in [3.8, 4) is 0 Å². The zero-order chi connectivity index (χ0) is 15.3. The third-order valence-electron chi connectivity index (χ3n) is 3.41. The number of rotatable bonds is 5. The molecule has 1 rings (SSSR count). The van der Waals surface area contributed by atoms with Gasteiger partial charge in [0.15, 0.2) is 5.25 Å². The van der Waals surface area contributed by atoms with E-state index in [1.54, 1.807) is 6.92 Å². The third kappa shape index (κ3) is 3.69. The molecule has 1 heterocycles. The molecule has 0 aliphatic carbocycles. The third-order valence-corrected chi connectivity index (χ3v) is 5.58. The van der Waals surface area contributed by atoms with Crippen molar-refractivity contribution in [1.29, 1.82) is 0 Å². The van der Waals surface area contributed by atoms with Crippen molar-refractivity contribution in [2.24, 2.45) is 5.92 Å². The van der Waals surface area contributed by atoms with Crippen molar-refractivity contribution < 1.29 is 27.5 Å². The average Bonchev–Trinajstić information content (AvgIpc) is 2.45. The van der Waals surface area contributed by atoms with Gasteiger partial charge in [0.1, 0.15) is 0 Å². The van der Waals surface area contributed by atoms with Crippen molar-refractivity contribution in [3.05, 3.63) is 0 Å². The number of sulfonamides is 1. The van der Waals surface area contributed by atoms with Crippen molar-refractivity contribution in [1.82, 2.24) is 4.31 Å². The maximum absolute atomic E-state index is 12.2. The smallest absolute Gasteiger partial charge is 0.325 e. The fourth-order valence-electron chi connectivity index (χ4n) is 2.12. The van der Waals surface area contributed by atoms with Gasteiger partial charge < -0.3 is 9.47 Å². The Morgan fingerprint density at radius 1 is 1.30 bits per heavy atom. The summed E-state index contributed by atoms with van der Waals surface area (Å²) in [5.41, 5.74) is 0. The number of piperidine rings is 1. The molecule has 0 aromatic carbocycles. The van der Waals surface area contributed by atoms with E-state index in [1.165, 1.54) is 11.2 Å². The summed E-state index contributed by atoms with van der Waals surface area (Å²) in [4.78, 5) is 22.9. The number of carbonyl (C=O) groups is 2. The molecule has 0 N–H and O–H groups in total. The highest BCUT2D eigenvalue weighted by Gasteiger charge is 2.38. The van der Waals surface area contributed by atoms with Crippen LogP contribution in [-0.2, 0) is 29.1 Å². The normalized spacial score (nSPS) is 19.4. The van der Waals surface area contributed by atoms with Gasteiger partial charge >= 0.3 is 11.9 Å². The first-order valence-electron chi connectivity index (χ1n) is 6.58. The fourth-order valence-corrected chi connectivity index (χ4v) is 3.62. The van der Waals surface area contributed by atoms with Crippen molar-refractivity contribution in [2.75, 3.05) is 26.8 Å². The predicted molar refractivity (Wildman–Crippen MR) is 71.3 cm³/mol. The lowest BCUT2D eigenvalue weighted by Gasteiger charge is -2.31. The Morgan fingerprint density at radius 3 is 2.30 bits per heavy atom. The molecule has 1 aliphatic heterocycles. The quantitative estimate of drug-likeness (QED) is 0.672. The maximum atomic E-state index is 12.2. The second-order valence-corrected chi connectivity index (χ2v) is 6.89. The molecule has 0 radical (unpaired) electrons. The lowest BCUT2D eigenvalue weighted by Crippen LogP contribution is -2.46. The minimum absolute atomic E-state index is 0.215. The zero-order valence-corrected chi connectivity index (χ0v) is 12.8. The molecule has 1 unspecified atom stereocenters. The van der Waals surface area contributed by atoms with E-state index < -0.39 is 21.2 Å². The molecule has 1 aliphatic rings. The summed E-state index contributed by atoms with van der Waals surface area (Å²) < 4.78 is 35.0. The van der Waals surface area contributed by atoms with E-state index in [-0.39, 0.29) is 25.0 Å². The number of esters is 2. The second-order valence-electron chi connectivity index (χ2n) is 4.64. The van der Waals surface area contributed by atoms with E-state index in [1.807, 2.05) is 0 Å². The molecule has 20 heavy (non-hydrogen) atoms. The van der Waals surface area contributed by atoms with Gasteiger partial charge in [-0.2, -0.15) is 0 Å². The van der Waals surface area contributed by atoms with Gasteiger partial charge in [-0.15, -0.1) is 0 Å². The van der Waals surface area contributed by atoms with Crippen molar-refractivity contribution in [2.45, 2.75) is 31.9 Å². The SMILES string of the molecule is CCOC(=O)C1CCN(S(=O)(=O)C(C)C(=O)OC)CC1. The number of hydrogen-bond acceptors (Lipinski definition) is 6. The molecule has 0 aromatic rings. The minimum atomic E-state index is -3.73. The highest BCUT2D eigenvalue weighted by Crippen LogP contribution is 2.23. The molecule has 1 fully saturated rings. The van der Waals surface area contributed by atoms with Crippen LogP contribution in [0.4, 0.5) is 0 Å². The van der Waals surface area contributed by atoms with Crippen molar-refractivity contribution in [3.63, 3.8) is 0 Å². The van der Waals surface area contributed by atoms with Crippen LogP contribution in [0.25, 0.3) is 0 Å². The van der Waals surface area contributed by atoms with Gasteiger partial charge in [0.05, 0.1) is 19.6 Å². The number of carbonyl (C=O) groups excluding carboxylic acids is 2. The summed E-state index contributed by atoms with van der Waals surface area (Å²) in [6.45, 7) is 3.78. The zero-order valence-electron chi connectivity index (χ0n) is 12.0. The topological polar surface area (TPSA) is 90.0 Å².